The second kappa shape index (κ2) is 7.02. The number of benzene rings is 1. The third-order valence-corrected chi connectivity index (χ3v) is 5.48. The van der Waals surface area contributed by atoms with Crippen molar-refractivity contribution in [3.63, 3.8) is 0 Å². The molecule has 1 aromatic carbocycles. The van der Waals surface area contributed by atoms with E-state index in [4.69, 9.17) is 4.42 Å². The molecule has 0 saturated heterocycles. The molecule has 0 unspecified atom stereocenters. The van der Waals surface area contributed by atoms with Gasteiger partial charge in [-0.15, -0.1) is 10.2 Å². The van der Waals surface area contributed by atoms with Crippen LogP contribution in [0.5, 0.6) is 0 Å². The van der Waals surface area contributed by atoms with Crippen LogP contribution in [0.4, 0.5) is 13.2 Å². The van der Waals surface area contributed by atoms with Gasteiger partial charge in [0.05, 0.1) is 0 Å². The van der Waals surface area contributed by atoms with Crippen LogP contribution in [0.3, 0.4) is 0 Å². The van der Waals surface area contributed by atoms with Crippen LogP contribution in [0.25, 0.3) is 28.2 Å². The first-order valence-electron chi connectivity index (χ1n) is 9.55. The van der Waals surface area contributed by atoms with E-state index in [-0.39, 0.29) is 17.0 Å². The molecule has 1 aliphatic carbocycles. The van der Waals surface area contributed by atoms with E-state index in [2.05, 4.69) is 15.2 Å². The number of pyridine rings is 1. The van der Waals surface area contributed by atoms with Gasteiger partial charge in [-0.2, -0.15) is 0 Å². The molecule has 8 heteroatoms. The van der Waals surface area contributed by atoms with E-state index in [1.807, 2.05) is 4.40 Å². The molecule has 0 aliphatic heterocycles. The lowest BCUT2D eigenvalue weighted by Gasteiger charge is -2.19. The molecule has 148 valence electrons. The maximum Gasteiger partial charge on any atom is 0.182 e. The van der Waals surface area contributed by atoms with Crippen molar-refractivity contribution in [3.8, 4) is 22.6 Å². The summed E-state index contributed by atoms with van der Waals surface area (Å²) in [6.45, 7) is 0. The predicted octanol–water partition coefficient (Wildman–Crippen LogP) is 5.52. The molecule has 0 amide bonds. The highest BCUT2D eigenvalue weighted by atomic mass is 19.2. The third-order valence-electron chi connectivity index (χ3n) is 5.48. The predicted molar refractivity (Wildman–Crippen MR) is 99.6 cm³/mol. The van der Waals surface area contributed by atoms with Gasteiger partial charge in [0.2, 0.25) is 0 Å². The first-order chi connectivity index (χ1) is 14.1. The van der Waals surface area contributed by atoms with Crippen LogP contribution >= 0.6 is 0 Å². The van der Waals surface area contributed by atoms with Crippen LogP contribution in [0, 0.1) is 17.5 Å². The second-order valence-corrected chi connectivity index (χ2v) is 7.32. The molecule has 1 fully saturated rings. The molecule has 0 radical (unpaired) electrons. The zero-order chi connectivity index (χ0) is 20.0. The summed E-state index contributed by atoms with van der Waals surface area (Å²) >= 11 is 0. The lowest BCUT2D eigenvalue weighted by atomic mass is 9.89. The Balaban J connectivity index is 1.62. The molecule has 4 aromatic rings. The van der Waals surface area contributed by atoms with E-state index in [0.717, 1.165) is 44.0 Å². The number of aromatic nitrogens is 4. The highest BCUT2D eigenvalue weighted by molar-refractivity contribution is 5.77. The van der Waals surface area contributed by atoms with E-state index < -0.39 is 17.5 Å². The van der Waals surface area contributed by atoms with Crippen LogP contribution in [0.15, 0.2) is 41.3 Å². The average Bonchev–Trinajstić information content (AvgIpc) is 3.38. The number of rotatable bonds is 3. The average molecular weight is 398 g/mol. The first-order valence-corrected chi connectivity index (χ1v) is 9.55. The maximum atomic E-state index is 14.3. The summed E-state index contributed by atoms with van der Waals surface area (Å²) in [5.74, 6) is -1.90. The Labute approximate surface area is 164 Å². The molecule has 0 atom stereocenters. The minimum Gasteiger partial charge on any atom is -0.443 e. The Kier molecular flexibility index (Phi) is 4.34. The topological polar surface area (TPSA) is 56.2 Å². The SMILES string of the molecule is Fc1cc(F)c(F)c(-c2ncoc2-c2ccc3nnc(C4CCCCC4)n3c2)c1. The second-order valence-electron chi connectivity index (χ2n) is 7.32. The molecule has 29 heavy (non-hydrogen) atoms. The summed E-state index contributed by atoms with van der Waals surface area (Å²) in [4.78, 5) is 4.01. The standard InChI is InChI=1S/C21H17F3N4O/c22-14-8-15(18(24)16(23)9-14)19-20(29-11-25-19)13-6-7-17-26-27-21(28(17)10-13)12-4-2-1-3-5-12/h6-12H,1-5H2. The Morgan fingerprint density at radius 3 is 2.66 bits per heavy atom. The van der Waals surface area contributed by atoms with Crippen LogP contribution in [-0.4, -0.2) is 19.6 Å². The number of nitrogens with zero attached hydrogens (tertiary/aromatic N) is 4. The molecule has 0 spiro atoms. The van der Waals surface area contributed by atoms with Crippen LogP contribution in [-0.2, 0) is 0 Å². The van der Waals surface area contributed by atoms with Crippen molar-refractivity contribution in [2.75, 3.05) is 0 Å². The Hall–Kier alpha value is -3.16. The van der Waals surface area contributed by atoms with Gasteiger partial charge < -0.3 is 4.42 Å². The molecule has 5 nitrogen and oxygen atoms in total. The summed E-state index contributed by atoms with van der Waals surface area (Å²) in [7, 11) is 0. The fourth-order valence-electron chi connectivity index (χ4n) is 4.05. The van der Waals surface area contributed by atoms with Crippen molar-refractivity contribution in [2.45, 2.75) is 38.0 Å². The fourth-order valence-corrected chi connectivity index (χ4v) is 4.05. The van der Waals surface area contributed by atoms with Crippen LogP contribution in [0.2, 0.25) is 0 Å². The number of halogens is 3. The molecule has 5 rings (SSSR count). The van der Waals surface area contributed by atoms with Gasteiger partial charge in [-0.1, -0.05) is 19.3 Å². The van der Waals surface area contributed by atoms with Crippen LogP contribution < -0.4 is 0 Å². The summed E-state index contributed by atoms with van der Waals surface area (Å²) in [5, 5.41) is 8.61. The van der Waals surface area contributed by atoms with Crippen molar-refractivity contribution in [1.82, 2.24) is 19.6 Å². The van der Waals surface area contributed by atoms with Crippen LogP contribution in [0.1, 0.15) is 43.8 Å². The zero-order valence-corrected chi connectivity index (χ0v) is 15.4. The van der Waals surface area contributed by atoms with Gasteiger partial charge in [-0.05, 0) is 31.0 Å². The maximum absolute atomic E-state index is 14.3. The van der Waals surface area contributed by atoms with E-state index >= 15 is 0 Å². The quantitative estimate of drug-likeness (QED) is 0.427. The summed E-state index contributed by atoms with van der Waals surface area (Å²) in [6, 6.07) is 4.93. The monoisotopic (exact) mass is 398 g/mol. The zero-order valence-electron chi connectivity index (χ0n) is 15.4. The molecule has 3 heterocycles. The first kappa shape index (κ1) is 17.9. The largest absolute Gasteiger partial charge is 0.443 e. The normalized spacial score (nSPS) is 15.3. The molecule has 0 bridgehead atoms. The molecular weight excluding hydrogens is 381 g/mol. The summed E-state index contributed by atoms with van der Waals surface area (Å²) < 4.78 is 49.1. The summed E-state index contributed by atoms with van der Waals surface area (Å²) in [6.07, 6.45) is 8.61. The van der Waals surface area contributed by atoms with Gasteiger partial charge in [0.1, 0.15) is 17.3 Å². The molecule has 1 saturated carbocycles. The fraction of sp³-hybridized carbons (Fsp3) is 0.286. The van der Waals surface area contributed by atoms with E-state index in [9.17, 15) is 13.2 Å². The lowest BCUT2D eigenvalue weighted by molar-refractivity contribution is 0.426. The highest BCUT2D eigenvalue weighted by Crippen LogP contribution is 2.35. The van der Waals surface area contributed by atoms with Crippen molar-refractivity contribution >= 4 is 5.65 Å². The number of hydrogen-bond acceptors (Lipinski definition) is 4. The lowest BCUT2D eigenvalue weighted by Crippen LogP contribution is -2.08. The van der Waals surface area contributed by atoms with E-state index in [1.54, 1.807) is 18.3 Å². The van der Waals surface area contributed by atoms with Gasteiger partial charge in [-0.25, -0.2) is 18.2 Å². The Bertz CT molecular complexity index is 1190. The van der Waals surface area contributed by atoms with Gasteiger partial charge in [0.25, 0.3) is 0 Å². The van der Waals surface area contributed by atoms with Gasteiger partial charge in [-0.3, -0.25) is 4.40 Å². The Morgan fingerprint density at radius 1 is 1.00 bits per heavy atom. The number of oxazole rings is 1. The third kappa shape index (κ3) is 3.08. The van der Waals surface area contributed by atoms with Crippen molar-refractivity contribution in [1.29, 1.82) is 0 Å². The minimum atomic E-state index is -1.28. The van der Waals surface area contributed by atoms with Gasteiger partial charge >= 0.3 is 0 Å². The van der Waals surface area contributed by atoms with E-state index in [0.29, 0.717) is 23.2 Å². The van der Waals surface area contributed by atoms with Gasteiger partial charge in [0, 0.05) is 29.3 Å². The van der Waals surface area contributed by atoms with Crippen molar-refractivity contribution in [3.05, 3.63) is 60.1 Å². The number of fused-ring (bicyclic) bond motifs is 1. The molecule has 0 N–H and O–H groups in total. The molecule has 1 aliphatic rings. The highest BCUT2D eigenvalue weighted by Gasteiger charge is 2.23. The van der Waals surface area contributed by atoms with Crippen molar-refractivity contribution < 1.29 is 17.6 Å². The molecule has 3 aromatic heterocycles. The number of hydrogen-bond donors (Lipinski definition) is 0. The van der Waals surface area contributed by atoms with Gasteiger partial charge in [0.15, 0.2) is 29.4 Å². The molecular formula is C21H17F3N4O. The van der Waals surface area contributed by atoms with Crippen molar-refractivity contribution in [2.24, 2.45) is 0 Å². The smallest absolute Gasteiger partial charge is 0.182 e. The minimum absolute atomic E-state index is 0.0348. The Morgan fingerprint density at radius 2 is 1.83 bits per heavy atom. The van der Waals surface area contributed by atoms with E-state index in [1.165, 1.54) is 6.42 Å². The summed E-state index contributed by atoms with van der Waals surface area (Å²) in [5.41, 5.74) is 1.03.